The maximum Gasteiger partial charge on any atom is 0.315 e. The molecule has 0 fully saturated rings. The van der Waals surface area contributed by atoms with Gasteiger partial charge in [0.1, 0.15) is 5.78 Å². The number of ether oxygens (including phenoxy) is 1. The smallest absolute Gasteiger partial charge is 0.315 e. The van der Waals surface area contributed by atoms with E-state index in [1.54, 1.807) is 13.0 Å². The van der Waals surface area contributed by atoms with Crippen molar-refractivity contribution in [1.82, 2.24) is 0 Å². The Morgan fingerprint density at radius 2 is 2.07 bits per heavy atom. The third-order valence-corrected chi connectivity index (χ3v) is 2.63. The Kier molecular flexibility index (Phi) is 6.32. The molecule has 1 unspecified atom stereocenters. The standard InChI is InChI=1S/C11H18O3S/c1-9(12)5-6-11(2,7-8-15-4)10(13)14-3/h7-8H,5-6H2,1-4H3/b8-7+. The minimum absolute atomic E-state index is 0.0858. The minimum Gasteiger partial charge on any atom is -0.468 e. The molecule has 0 aromatic carbocycles. The molecular formula is C11H18O3S. The highest BCUT2D eigenvalue weighted by molar-refractivity contribution is 8.01. The molecule has 0 saturated carbocycles. The van der Waals surface area contributed by atoms with Crippen molar-refractivity contribution < 1.29 is 14.3 Å². The first kappa shape index (κ1) is 14.2. The zero-order chi connectivity index (χ0) is 11.9. The van der Waals surface area contributed by atoms with E-state index in [1.807, 2.05) is 11.7 Å². The van der Waals surface area contributed by atoms with Gasteiger partial charge >= 0.3 is 5.97 Å². The molecule has 0 aromatic rings. The number of carbonyl (C=O) groups excluding carboxylic acids is 2. The fraction of sp³-hybridized carbons (Fsp3) is 0.636. The highest BCUT2D eigenvalue weighted by Crippen LogP contribution is 2.27. The lowest BCUT2D eigenvalue weighted by atomic mass is 9.85. The normalized spacial score (nSPS) is 14.9. The molecule has 15 heavy (non-hydrogen) atoms. The number of methoxy groups -OCH3 is 1. The summed E-state index contributed by atoms with van der Waals surface area (Å²) in [6.45, 7) is 3.31. The van der Waals surface area contributed by atoms with Gasteiger partial charge in [-0.1, -0.05) is 6.08 Å². The van der Waals surface area contributed by atoms with Gasteiger partial charge in [0.15, 0.2) is 0 Å². The Morgan fingerprint density at radius 3 is 2.47 bits per heavy atom. The molecule has 0 aliphatic carbocycles. The summed E-state index contributed by atoms with van der Waals surface area (Å²) in [6.07, 6.45) is 4.60. The van der Waals surface area contributed by atoms with Crippen LogP contribution in [0.1, 0.15) is 26.7 Å². The molecule has 3 nitrogen and oxygen atoms in total. The monoisotopic (exact) mass is 230 g/mol. The molecule has 0 bridgehead atoms. The molecule has 0 amide bonds. The third kappa shape index (κ3) is 5.02. The van der Waals surface area contributed by atoms with Gasteiger partial charge in [-0.25, -0.2) is 0 Å². The lowest BCUT2D eigenvalue weighted by molar-refractivity contribution is -0.149. The van der Waals surface area contributed by atoms with Crippen LogP contribution in [-0.4, -0.2) is 25.1 Å². The van der Waals surface area contributed by atoms with Crippen LogP contribution < -0.4 is 0 Å². The third-order valence-electron chi connectivity index (χ3n) is 2.22. The first-order valence-electron chi connectivity index (χ1n) is 4.74. The SMILES string of the molecule is COC(=O)C(C)(/C=C/SC)CCC(C)=O. The fourth-order valence-corrected chi connectivity index (χ4v) is 1.58. The second-order valence-corrected chi connectivity index (χ2v) is 4.39. The zero-order valence-corrected chi connectivity index (χ0v) is 10.5. The van der Waals surface area contributed by atoms with E-state index in [-0.39, 0.29) is 11.8 Å². The van der Waals surface area contributed by atoms with Crippen LogP contribution in [0.5, 0.6) is 0 Å². The quantitative estimate of drug-likeness (QED) is 0.657. The van der Waals surface area contributed by atoms with Gasteiger partial charge in [-0.3, -0.25) is 4.79 Å². The van der Waals surface area contributed by atoms with Crippen LogP contribution in [0.4, 0.5) is 0 Å². The summed E-state index contributed by atoms with van der Waals surface area (Å²) in [7, 11) is 1.36. The van der Waals surface area contributed by atoms with Crippen LogP contribution in [-0.2, 0) is 14.3 Å². The second-order valence-electron chi connectivity index (χ2n) is 3.65. The molecule has 0 aliphatic rings. The number of thioether (sulfide) groups is 1. The van der Waals surface area contributed by atoms with Gasteiger partial charge in [0.2, 0.25) is 0 Å². The van der Waals surface area contributed by atoms with Crippen LogP contribution >= 0.6 is 11.8 Å². The van der Waals surface area contributed by atoms with Crippen molar-refractivity contribution in [3.8, 4) is 0 Å². The largest absolute Gasteiger partial charge is 0.468 e. The highest BCUT2D eigenvalue weighted by atomic mass is 32.2. The number of hydrogen-bond acceptors (Lipinski definition) is 4. The maximum absolute atomic E-state index is 11.6. The highest BCUT2D eigenvalue weighted by Gasteiger charge is 2.31. The van der Waals surface area contributed by atoms with Gasteiger partial charge in [0.25, 0.3) is 0 Å². The Bertz CT molecular complexity index is 261. The summed E-state index contributed by atoms with van der Waals surface area (Å²) in [6, 6.07) is 0. The molecule has 0 N–H and O–H groups in total. The maximum atomic E-state index is 11.6. The van der Waals surface area contributed by atoms with Crippen LogP contribution in [0.3, 0.4) is 0 Å². The van der Waals surface area contributed by atoms with Crippen molar-refractivity contribution in [2.75, 3.05) is 13.4 Å². The molecule has 86 valence electrons. The average Bonchev–Trinajstić information content (AvgIpc) is 2.22. The van der Waals surface area contributed by atoms with E-state index in [0.717, 1.165) is 0 Å². The molecule has 0 aromatic heterocycles. The second kappa shape index (κ2) is 6.67. The van der Waals surface area contributed by atoms with E-state index in [0.29, 0.717) is 12.8 Å². The van der Waals surface area contributed by atoms with Gasteiger partial charge in [-0.2, -0.15) is 0 Å². The summed E-state index contributed by atoms with van der Waals surface area (Å²) in [5, 5.41) is 1.84. The summed E-state index contributed by atoms with van der Waals surface area (Å²) in [5.41, 5.74) is -0.691. The zero-order valence-electron chi connectivity index (χ0n) is 9.70. The summed E-state index contributed by atoms with van der Waals surface area (Å²) < 4.78 is 4.73. The molecule has 0 spiro atoms. The number of Topliss-reactive ketones (excluding diaryl/α,β-unsaturated/α-hetero) is 1. The lowest BCUT2D eigenvalue weighted by Crippen LogP contribution is -2.27. The number of esters is 1. The Hall–Kier alpha value is -0.770. The van der Waals surface area contributed by atoms with Crippen molar-refractivity contribution >= 4 is 23.5 Å². The molecule has 4 heteroatoms. The van der Waals surface area contributed by atoms with E-state index in [1.165, 1.54) is 25.8 Å². The Balaban J connectivity index is 4.61. The van der Waals surface area contributed by atoms with Crippen LogP contribution in [0.25, 0.3) is 0 Å². The molecule has 1 atom stereocenters. The topological polar surface area (TPSA) is 43.4 Å². The summed E-state index contributed by atoms with van der Waals surface area (Å²) in [4.78, 5) is 22.5. The predicted octanol–water partition coefficient (Wildman–Crippen LogP) is 2.41. The van der Waals surface area contributed by atoms with Gasteiger partial charge in [-0.15, -0.1) is 11.8 Å². The Labute approximate surface area is 95.3 Å². The van der Waals surface area contributed by atoms with Crippen molar-refractivity contribution in [2.24, 2.45) is 5.41 Å². The van der Waals surface area contributed by atoms with Crippen LogP contribution in [0.2, 0.25) is 0 Å². The Morgan fingerprint density at radius 1 is 1.47 bits per heavy atom. The first-order chi connectivity index (χ1) is 6.96. The van der Waals surface area contributed by atoms with E-state index >= 15 is 0 Å². The van der Waals surface area contributed by atoms with E-state index < -0.39 is 5.41 Å². The van der Waals surface area contributed by atoms with Crippen molar-refractivity contribution in [1.29, 1.82) is 0 Å². The minimum atomic E-state index is -0.691. The summed E-state index contributed by atoms with van der Waals surface area (Å²) in [5.74, 6) is -0.211. The van der Waals surface area contributed by atoms with Gasteiger partial charge < -0.3 is 9.53 Å². The van der Waals surface area contributed by atoms with Crippen molar-refractivity contribution in [3.63, 3.8) is 0 Å². The first-order valence-corrected chi connectivity index (χ1v) is 6.03. The van der Waals surface area contributed by atoms with E-state index in [9.17, 15) is 9.59 Å². The van der Waals surface area contributed by atoms with Gasteiger partial charge in [-0.05, 0) is 31.9 Å². The molecule has 0 radical (unpaired) electrons. The van der Waals surface area contributed by atoms with Gasteiger partial charge in [0, 0.05) is 6.42 Å². The number of ketones is 1. The fourth-order valence-electron chi connectivity index (χ4n) is 1.14. The molecule has 0 aliphatic heterocycles. The van der Waals surface area contributed by atoms with Crippen molar-refractivity contribution in [3.05, 3.63) is 11.5 Å². The molecule has 0 heterocycles. The van der Waals surface area contributed by atoms with Gasteiger partial charge in [0.05, 0.1) is 12.5 Å². The summed E-state index contributed by atoms with van der Waals surface area (Å²) >= 11 is 1.52. The predicted molar refractivity (Wildman–Crippen MR) is 62.7 cm³/mol. The number of rotatable bonds is 6. The van der Waals surface area contributed by atoms with Crippen LogP contribution in [0, 0.1) is 5.41 Å². The van der Waals surface area contributed by atoms with E-state index in [4.69, 9.17) is 4.74 Å². The van der Waals surface area contributed by atoms with Crippen LogP contribution in [0.15, 0.2) is 11.5 Å². The molecule has 0 saturated heterocycles. The molecular weight excluding hydrogens is 212 g/mol. The lowest BCUT2D eigenvalue weighted by Gasteiger charge is -2.22. The number of carbonyl (C=O) groups is 2. The average molecular weight is 230 g/mol. The van der Waals surface area contributed by atoms with E-state index in [2.05, 4.69) is 0 Å². The van der Waals surface area contributed by atoms with Crippen molar-refractivity contribution in [2.45, 2.75) is 26.7 Å². The molecule has 0 rings (SSSR count). The number of hydrogen-bond donors (Lipinski definition) is 0.